The van der Waals surface area contributed by atoms with Crippen LogP contribution in [0.3, 0.4) is 0 Å². The molecular formula is C19H29N5O. The second-order valence-corrected chi connectivity index (χ2v) is 7.87. The van der Waals surface area contributed by atoms with Gasteiger partial charge in [0.25, 0.3) is 0 Å². The minimum Gasteiger partial charge on any atom is -0.350 e. The molecule has 0 spiro atoms. The molecule has 0 radical (unpaired) electrons. The van der Waals surface area contributed by atoms with E-state index < -0.39 is 0 Å². The third-order valence-electron chi connectivity index (χ3n) is 4.63. The standard InChI is InChI=1S/C19H29N5O/c1-14(17(25)22-19(2,3)4)23-10-7-11-24(13-12-23)18-20-15-8-5-6-9-16(15)21-18/h5-6,8-9,14H,7,10-13H2,1-4H3,(H,20,21)(H,22,25). The molecule has 1 atom stereocenters. The highest BCUT2D eigenvalue weighted by molar-refractivity contribution is 5.82. The van der Waals surface area contributed by atoms with Gasteiger partial charge in [0.1, 0.15) is 0 Å². The van der Waals surface area contributed by atoms with Crippen molar-refractivity contribution < 1.29 is 4.79 Å². The van der Waals surface area contributed by atoms with E-state index in [2.05, 4.69) is 26.2 Å². The number of aromatic nitrogens is 2. The molecule has 2 heterocycles. The van der Waals surface area contributed by atoms with Gasteiger partial charge in [0.2, 0.25) is 11.9 Å². The largest absolute Gasteiger partial charge is 0.350 e. The third kappa shape index (κ3) is 4.31. The van der Waals surface area contributed by atoms with E-state index in [0.29, 0.717) is 0 Å². The highest BCUT2D eigenvalue weighted by atomic mass is 16.2. The molecular weight excluding hydrogens is 314 g/mol. The quantitative estimate of drug-likeness (QED) is 0.898. The zero-order chi connectivity index (χ0) is 18.0. The van der Waals surface area contributed by atoms with Crippen LogP contribution in [0.5, 0.6) is 0 Å². The number of aromatic amines is 1. The Labute approximate surface area is 149 Å². The molecule has 1 unspecified atom stereocenters. The summed E-state index contributed by atoms with van der Waals surface area (Å²) in [5.74, 6) is 1.03. The summed E-state index contributed by atoms with van der Waals surface area (Å²) in [6.07, 6.45) is 1.02. The third-order valence-corrected chi connectivity index (χ3v) is 4.63. The number of fused-ring (bicyclic) bond motifs is 1. The van der Waals surface area contributed by atoms with Crippen molar-refractivity contribution in [2.45, 2.75) is 45.7 Å². The molecule has 0 aliphatic carbocycles. The Bertz CT molecular complexity index is 700. The monoisotopic (exact) mass is 343 g/mol. The first kappa shape index (κ1) is 17.7. The fourth-order valence-electron chi connectivity index (χ4n) is 3.27. The lowest BCUT2D eigenvalue weighted by atomic mass is 10.1. The van der Waals surface area contributed by atoms with E-state index in [4.69, 9.17) is 4.98 Å². The molecule has 2 N–H and O–H groups in total. The van der Waals surface area contributed by atoms with Crippen LogP contribution in [-0.2, 0) is 4.79 Å². The lowest BCUT2D eigenvalue weighted by molar-refractivity contribution is -0.127. The second kappa shape index (κ2) is 7.04. The van der Waals surface area contributed by atoms with E-state index in [-0.39, 0.29) is 17.5 Å². The zero-order valence-electron chi connectivity index (χ0n) is 15.7. The van der Waals surface area contributed by atoms with Crippen molar-refractivity contribution >= 4 is 22.9 Å². The number of nitrogens with one attached hydrogen (secondary N) is 2. The van der Waals surface area contributed by atoms with Gasteiger partial charge in [-0.3, -0.25) is 9.69 Å². The molecule has 3 rings (SSSR count). The topological polar surface area (TPSA) is 64.3 Å². The Morgan fingerprint density at radius 3 is 2.68 bits per heavy atom. The van der Waals surface area contributed by atoms with Crippen LogP contribution in [0, 0.1) is 0 Å². The Hall–Kier alpha value is -2.08. The molecule has 0 bridgehead atoms. The first-order chi connectivity index (χ1) is 11.8. The van der Waals surface area contributed by atoms with E-state index in [1.165, 1.54) is 0 Å². The van der Waals surface area contributed by atoms with E-state index in [1.807, 2.05) is 45.9 Å². The summed E-state index contributed by atoms with van der Waals surface area (Å²) >= 11 is 0. The summed E-state index contributed by atoms with van der Waals surface area (Å²) in [7, 11) is 0. The van der Waals surface area contributed by atoms with Gasteiger partial charge in [0, 0.05) is 31.7 Å². The SMILES string of the molecule is CC(C(=O)NC(C)(C)C)N1CCCN(c2nc3ccccc3[nH]2)CC1. The van der Waals surface area contributed by atoms with Crippen LogP contribution in [0.2, 0.25) is 0 Å². The van der Waals surface area contributed by atoms with Crippen LogP contribution in [0.4, 0.5) is 5.95 Å². The summed E-state index contributed by atoms with van der Waals surface area (Å²) in [4.78, 5) is 25.1. The molecule has 136 valence electrons. The van der Waals surface area contributed by atoms with E-state index in [1.54, 1.807) is 0 Å². The van der Waals surface area contributed by atoms with Gasteiger partial charge < -0.3 is 15.2 Å². The Morgan fingerprint density at radius 2 is 1.96 bits per heavy atom. The van der Waals surface area contributed by atoms with Crippen LogP contribution >= 0.6 is 0 Å². The van der Waals surface area contributed by atoms with E-state index in [0.717, 1.165) is 49.6 Å². The number of carbonyl (C=O) groups excluding carboxylic acids is 1. The van der Waals surface area contributed by atoms with Gasteiger partial charge >= 0.3 is 0 Å². The number of hydrogen-bond acceptors (Lipinski definition) is 4. The number of hydrogen-bond donors (Lipinski definition) is 2. The number of imidazole rings is 1. The average Bonchev–Trinajstić information content (AvgIpc) is 2.82. The van der Waals surface area contributed by atoms with Crippen molar-refractivity contribution in [3.8, 4) is 0 Å². The molecule has 25 heavy (non-hydrogen) atoms. The summed E-state index contributed by atoms with van der Waals surface area (Å²) in [6, 6.07) is 7.99. The van der Waals surface area contributed by atoms with Gasteiger partial charge in [-0.2, -0.15) is 0 Å². The minimum absolute atomic E-state index is 0.102. The molecule has 1 aromatic heterocycles. The van der Waals surface area contributed by atoms with Crippen molar-refractivity contribution in [3.63, 3.8) is 0 Å². The highest BCUT2D eigenvalue weighted by Gasteiger charge is 2.27. The summed E-state index contributed by atoms with van der Waals surface area (Å²) in [5.41, 5.74) is 1.87. The number of rotatable bonds is 3. The van der Waals surface area contributed by atoms with Gasteiger partial charge in [-0.25, -0.2) is 4.98 Å². The maximum atomic E-state index is 12.5. The predicted octanol–water partition coefficient (Wildman–Crippen LogP) is 2.38. The van der Waals surface area contributed by atoms with Crippen molar-refractivity contribution in [2.75, 3.05) is 31.1 Å². The van der Waals surface area contributed by atoms with Gasteiger partial charge in [-0.05, 0) is 46.2 Å². The van der Waals surface area contributed by atoms with Crippen LogP contribution in [-0.4, -0.2) is 58.5 Å². The molecule has 1 saturated heterocycles. The Morgan fingerprint density at radius 1 is 1.20 bits per heavy atom. The Kier molecular flexibility index (Phi) is 4.99. The van der Waals surface area contributed by atoms with E-state index >= 15 is 0 Å². The molecule has 2 aromatic rings. The predicted molar refractivity (Wildman–Crippen MR) is 102 cm³/mol. The number of benzene rings is 1. The first-order valence-electron chi connectivity index (χ1n) is 9.09. The lowest BCUT2D eigenvalue weighted by Gasteiger charge is -2.30. The number of amides is 1. The average molecular weight is 343 g/mol. The smallest absolute Gasteiger partial charge is 0.237 e. The molecule has 0 saturated carbocycles. The molecule has 6 heteroatoms. The lowest BCUT2D eigenvalue weighted by Crippen LogP contribution is -2.51. The van der Waals surface area contributed by atoms with Gasteiger partial charge in [-0.15, -0.1) is 0 Å². The molecule has 1 aromatic carbocycles. The number of nitrogens with zero attached hydrogens (tertiary/aromatic N) is 3. The second-order valence-electron chi connectivity index (χ2n) is 7.87. The van der Waals surface area contributed by atoms with Crippen molar-refractivity contribution in [1.29, 1.82) is 0 Å². The highest BCUT2D eigenvalue weighted by Crippen LogP contribution is 2.19. The van der Waals surface area contributed by atoms with Crippen LogP contribution < -0.4 is 10.2 Å². The van der Waals surface area contributed by atoms with Crippen LogP contribution in [0.1, 0.15) is 34.1 Å². The number of anilines is 1. The van der Waals surface area contributed by atoms with Crippen molar-refractivity contribution in [2.24, 2.45) is 0 Å². The zero-order valence-corrected chi connectivity index (χ0v) is 15.7. The summed E-state index contributed by atoms with van der Waals surface area (Å²) in [6.45, 7) is 11.6. The number of para-hydroxylation sites is 2. The molecule has 1 aliphatic rings. The maximum Gasteiger partial charge on any atom is 0.237 e. The molecule has 1 fully saturated rings. The Balaban J connectivity index is 1.64. The maximum absolute atomic E-state index is 12.5. The molecule has 1 amide bonds. The fourth-order valence-corrected chi connectivity index (χ4v) is 3.27. The normalized spacial score (nSPS) is 18.2. The van der Waals surface area contributed by atoms with Gasteiger partial charge in [-0.1, -0.05) is 12.1 Å². The van der Waals surface area contributed by atoms with Gasteiger partial charge in [0.05, 0.1) is 17.1 Å². The van der Waals surface area contributed by atoms with Gasteiger partial charge in [0.15, 0.2) is 0 Å². The van der Waals surface area contributed by atoms with Crippen LogP contribution in [0.15, 0.2) is 24.3 Å². The van der Waals surface area contributed by atoms with Crippen molar-refractivity contribution in [1.82, 2.24) is 20.2 Å². The molecule has 6 nitrogen and oxygen atoms in total. The fraction of sp³-hybridized carbons (Fsp3) is 0.579. The number of carbonyl (C=O) groups is 1. The van der Waals surface area contributed by atoms with Crippen LogP contribution in [0.25, 0.3) is 11.0 Å². The summed E-state index contributed by atoms with van der Waals surface area (Å²) < 4.78 is 0. The van der Waals surface area contributed by atoms with Crippen molar-refractivity contribution in [3.05, 3.63) is 24.3 Å². The first-order valence-corrected chi connectivity index (χ1v) is 9.09. The molecule has 1 aliphatic heterocycles. The summed E-state index contributed by atoms with van der Waals surface area (Å²) in [5, 5.41) is 3.08. The van der Waals surface area contributed by atoms with E-state index in [9.17, 15) is 4.79 Å². The minimum atomic E-state index is -0.197. The number of H-pyrrole nitrogens is 1.